The SMILES string of the molecule is COc1ccc(NC(=O)COc2cccc(C3(C)CCSC(N)=N3)c2)cc1OC. The predicted molar refractivity (Wildman–Crippen MR) is 116 cm³/mol. The molecule has 2 aromatic carbocycles. The van der Waals surface area contributed by atoms with E-state index in [9.17, 15) is 4.79 Å². The van der Waals surface area contributed by atoms with Gasteiger partial charge in [-0.3, -0.25) is 9.79 Å². The molecule has 1 aliphatic rings. The highest BCUT2D eigenvalue weighted by atomic mass is 32.2. The smallest absolute Gasteiger partial charge is 0.262 e. The van der Waals surface area contributed by atoms with E-state index >= 15 is 0 Å². The predicted octanol–water partition coefficient (Wildman–Crippen LogP) is 3.39. The lowest BCUT2D eigenvalue weighted by Crippen LogP contribution is -2.28. The van der Waals surface area contributed by atoms with Gasteiger partial charge in [0.25, 0.3) is 5.91 Å². The Morgan fingerprint density at radius 3 is 2.72 bits per heavy atom. The number of anilines is 1. The zero-order chi connectivity index (χ0) is 20.9. The fourth-order valence-electron chi connectivity index (χ4n) is 3.08. The van der Waals surface area contributed by atoms with Gasteiger partial charge in [0.15, 0.2) is 23.3 Å². The number of amidine groups is 1. The molecular formula is C21H25N3O4S. The fraction of sp³-hybridized carbons (Fsp3) is 0.333. The number of carbonyl (C=O) groups excluding carboxylic acids is 1. The third-order valence-corrected chi connectivity index (χ3v) is 5.48. The Morgan fingerprint density at radius 2 is 2.00 bits per heavy atom. The normalized spacial score (nSPS) is 18.5. The Kier molecular flexibility index (Phi) is 6.53. The molecule has 3 rings (SSSR count). The summed E-state index contributed by atoms with van der Waals surface area (Å²) in [6.45, 7) is 1.94. The van der Waals surface area contributed by atoms with Gasteiger partial charge >= 0.3 is 0 Å². The average molecular weight is 416 g/mol. The third kappa shape index (κ3) is 5.14. The van der Waals surface area contributed by atoms with E-state index in [4.69, 9.17) is 19.9 Å². The first-order chi connectivity index (χ1) is 13.9. The molecule has 0 radical (unpaired) electrons. The standard InChI is InChI=1S/C21H25N3O4S/c1-21(9-10-29-20(22)24-21)14-5-4-6-16(11-14)28-13-19(25)23-15-7-8-17(26-2)18(12-15)27-3/h4-8,11-12H,9-10,13H2,1-3H3,(H2,22,24)(H,23,25). The molecule has 1 unspecified atom stereocenters. The Morgan fingerprint density at radius 1 is 1.21 bits per heavy atom. The van der Waals surface area contributed by atoms with E-state index in [1.54, 1.807) is 44.2 Å². The minimum absolute atomic E-state index is 0.115. The summed E-state index contributed by atoms with van der Waals surface area (Å²) in [5.41, 5.74) is 7.14. The van der Waals surface area contributed by atoms with Crippen molar-refractivity contribution in [1.82, 2.24) is 0 Å². The molecule has 154 valence electrons. The maximum absolute atomic E-state index is 12.3. The molecule has 0 bridgehead atoms. The molecule has 1 heterocycles. The quantitative estimate of drug-likeness (QED) is 0.720. The molecule has 1 atom stereocenters. The van der Waals surface area contributed by atoms with Gasteiger partial charge in [0.1, 0.15) is 5.75 Å². The number of rotatable bonds is 7. The summed E-state index contributed by atoms with van der Waals surface area (Å²) in [5.74, 6) is 2.39. The number of amides is 1. The van der Waals surface area contributed by atoms with Crippen LogP contribution in [0.3, 0.4) is 0 Å². The number of carbonyl (C=O) groups is 1. The summed E-state index contributed by atoms with van der Waals surface area (Å²) >= 11 is 1.57. The van der Waals surface area contributed by atoms with Crippen LogP contribution in [0.4, 0.5) is 5.69 Å². The van der Waals surface area contributed by atoms with Gasteiger partial charge < -0.3 is 25.3 Å². The second-order valence-electron chi connectivity index (χ2n) is 6.76. The van der Waals surface area contributed by atoms with Gasteiger partial charge in [0, 0.05) is 17.5 Å². The van der Waals surface area contributed by atoms with E-state index in [1.165, 1.54) is 0 Å². The summed E-state index contributed by atoms with van der Waals surface area (Å²) < 4.78 is 16.1. The molecule has 1 amide bonds. The van der Waals surface area contributed by atoms with Crippen LogP contribution >= 0.6 is 11.8 Å². The third-order valence-electron chi connectivity index (χ3n) is 4.69. The second kappa shape index (κ2) is 9.09. The number of ether oxygens (including phenoxy) is 3. The number of aliphatic imine (C=N–C) groups is 1. The van der Waals surface area contributed by atoms with E-state index in [2.05, 4.69) is 17.2 Å². The number of hydrogen-bond donors (Lipinski definition) is 2. The molecular weight excluding hydrogens is 390 g/mol. The first-order valence-corrected chi connectivity index (χ1v) is 10.2. The number of methoxy groups -OCH3 is 2. The summed E-state index contributed by atoms with van der Waals surface area (Å²) in [6, 6.07) is 12.8. The average Bonchev–Trinajstić information content (AvgIpc) is 2.72. The van der Waals surface area contributed by atoms with Gasteiger partial charge in [-0.1, -0.05) is 23.9 Å². The van der Waals surface area contributed by atoms with Crippen molar-refractivity contribution in [3.05, 3.63) is 48.0 Å². The van der Waals surface area contributed by atoms with Crippen LogP contribution in [0.1, 0.15) is 18.9 Å². The zero-order valence-corrected chi connectivity index (χ0v) is 17.5. The second-order valence-corrected chi connectivity index (χ2v) is 7.87. The molecule has 1 aliphatic heterocycles. The zero-order valence-electron chi connectivity index (χ0n) is 16.7. The summed E-state index contributed by atoms with van der Waals surface area (Å²) in [5, 5.41) is 3.39. The number of thioether (sulfide) groups is 1. The Labute approximate surface area is 174 Å². The van der Waals surface area contributed by atoms with Crippen LogP contribution < -0.4 is 25.3 Å². The topological polar surface area (TPSA) is 95.2 Å². The first kappa shape index (κ1) is 20.9. The van der Waals surface area contributed by atoms with Gasteiger partial charge in [0.05, 0.1) is 19.8 Å². The van der Waals surface area contributed by atoms with Gasteiger partial charge in [-0.05, 0) is 43.2 Å². The lowest BCUT2D eigenvalue weighted by atomic mass is 9.90. The summed E-state index contributed by atoms with van der Waals surface area (Å²) in [6.07, 6.45) is 0.890. The molecule has 0 aliphatic carbocycles. The highest BCUT2D eigenvalue weighted by Crippen LogP contribution is 2.36. The molecule has 0 fully saturated rings. The van der Waals surface area contributed by atoms with Crippen molar-refractivity contribution < 1.29 is 19.0 Å². The fourth-order valence-corrected chi connectivity index (χ4v) is 4.05. The van der Waals surface area contributed by atoms with Gasteiger partial charge in [0.2, 0.25) is 0 Å². The van der Waals surface area contributed by atoms with Crippen LogP contribution in [0, 0.1) is 0 Å². The van der Waals surface area contributed by atoms with Crippen molar-refractivity contribution in [3.63, 3.8) is 0 Å². The molecule has 7 nitrogen and oxygen atoms in total. The minimum atomic E-state index is -0.378. The molecule has 0 saturated heterocycles. The van der Waals surface area contributed by atoms with Gasteiger partial charge in [-0.15, -0.1) is 0 Å². The molecule has 29 heavy (non-hydrogen) atoms. The molecule has 0 saturated carbocycles. The van der Waals surface area contributed by atoms with Gasteiger partial charge in [-0.2, -0.15) is 0 Å². The number of hydrogen-bond acceptors (Lipinski definition) is 7. The molecule has 0 spiro atoms. The van der Waals surface area contributed by atoms with Crippen molar-refractivity contribution in [3.8, 4) is 17.2 Å². The maximum Gasteiger partial charge on any atom is 0.262 e. The highest BCUT2D eigenvalue weighted by Gasteiger charge is 2.29. The first-order valence-electron chi connectivity index (χ1n) is 9.17. The van der Waals surface area contributed by atoms with Crippen molar-refractivity contribution in [1.29, 1.82) is 0 Å². The minimum Gasteiger partial charge on any atom is -0.493 e. The largest absolute Gasteiger partial charge is 0.493 e. The van der Waals surface area contributed by atoms with Crippen molar-refractivity contribution >= 4 is 28.5 Å². The number of nitrogens with zero attached hydrogens (tertiary/aromatic N) is 1. The van der Waals surface area contributed by atoms with E-state index < -0.39 is 0 Å². The van der Waals surface area contributed by atoms with E-state index in [-0.39, 0.29) is 18.1 Å². The van der Waals surface area contributed by atoms with Gasteiger partial charge in [-0.25, -0.2) is 0 Å². The summed E-state index contributed by atoms with van der Waals surface area (Å²) in [7, 11) is 3.10. The van der Waals surface area contributed by atoms with Crippen molar-refractivity contribution in [2.75, 3.05) is 31.9 Å². The van der Waals surface area contributed by atoms with Crippen LogP contribution in [-0.2, 0) is 10.3 Å². The monoisotopic (exact) mass is 415 g/mol. The van der Waals surface area contributed by atoms with Crippen molar-refractivity contribution in [2.24, 2.45) is 10.7 Å². The highest BCUT2D eigenvalue weighted by molar-refractivity contribution is 8.13. The molecule has 2 aromatic rings. The van der Waals surface area contributed by atoms with Crippen LogP contribution in [-0.4, -0.2) is 37.7 Å². The number of benzene rings is 2. The lowest BCUT2D eigenvalue weighted by Gasteiger charge is -2.30. The van der Waals surface area contributed by atoms with Crippen LogP contribution in [0.15, 0.2) is 47.5 Å². The molecule has 8 heteroatoms. The maximum atomic E-state index is 12.3. The van der Waals surface area contributed by atoms with Crippen LogP contribution in [0.25, 0.3) is 0 Å². The number of nitrogens with one attached hydrogen (secondary N) is 1. The molecule has 0 aromatic heterocycles. The van der Waals surface area contributed by atoms with E-state index in [0.29, 0.717) is 28.1 Å². The van der Waals surface area contributed by atoms with Crippen LogP contribution in [0.5, 0.6) is 17.2 Å². The lowest BCUT2D eigenvalue weighted by molar-refractivity contribution is -0.118. The Bertz CT molecular complexity index is 919. The van der Waals surface area contributed by atoms with E-state index in [0.717, 1.165) is 17.7 Å². The van der Waals surface area contributed by atoms with Crippen LogP contribution in [0.2, 0.25) is 0 Å². The number of nitrogens with two attached hydrogens (primary N) is 1. The summed E-state index contributed by atoms with van der Waals surface area (Å²) in [4.78, 5) is 16.9. The van der Waals surface area contributed by atoms with E-state index in [1.807, 2.05) is 24.3 Å². The molecule has 3 N–H and O–H groups in total. The Hall–Kier alpha value is -2.87. The van der Waals surface area contributed by atoms with Crippen molar-refractivity contribution in [2.45, 2.75) is 18.9 Å². The Balaban J connectivity index is 1.63.